The van der Waals surface area contributed by atoms with E-state index in [-0.39, 0.29) is 22.0 Å². The second-order valence-electron chi connectivity index (χ2n) is 11.7. The van der Waals surface area contributed by atoms with Crippen molar-refractivity contribution in [1.82, 2.24) is 24.6 Å². The van der Waals surface area contributed by atoms with Crippen LogP contribution in [0, 0.1) is 6.92 Å². The van der Waals surface area contributed by atoms with Crippen LogP contribution in [-0.4, -0.2) is 77.8 Å². The molecule has 1 aliphatic carbocycles. The van der Waals surface area contributed by atoms with Gasteiger partial charge in [0, 0.05) is 26.9 Å². The van der Waals surface area contributed by atoms with Crippen LogP contribution in [0.2, 0.25) is 5.02 Å². The fourth-order valence-corrected chi connectivity index (χ4v) is 6.68. The fourth-order valence-electron chi connectivity index (χ4n) is 5.45. The van der Waals surface area contributed by atoms with E-state index in [1.165, 1.54) is 28.4 Å². The molecule has 2 fully saturated rings. The lowest BCUT2D eigenvalue weighted by atomic mass is 9.86. The summed E-state index contributed by atoms with van der Waals surface area (Å²) in [6.07, 6.45) is 8.72. The van der Waals surface area contributed by atoms with Gasteiger partial charge in [-0.3, -0.25) is 4.68 Å². The molecule has 3 heterocycles. The number of halogens is 1. The van der Waals surface area contributed by atoms with Crippen molar-refractivity contribution in [2.24, 2.45) is 7.05 Å². The van der Waals surface area contributed by atoms with Crippen molar-refractivity contribution in [1.29, 1.82) is 0 Å². The molecular weight excluding hydrogens is 590 g/mol. The lowest BCUT2D eigenvalue weighted by molar-refractivity contribution is 0.120. The Balaban J connectivity index is 1.39. The largest absolute Gasteiger partial charge is 0.488 e. The number of anilines is 4. The van der Waals surface area contributed by atoms with Gasteiger partial charge in [0.1, 0.15) is 10.8 Å². The van der Waals surface area contributed by atoms with Crippen LogP contribution in [0.15, 0.2) is 29.6 Å². The quantitative estimate of drug-likeness (QED) is 0.261. The molecule has 0 amide bonds. The zero-order valence-corrected chi connectivity index (χ0v) is 27.1. The number of nitrogens with zero attached hydrogens (tertiary/aromatic N) is 5. The summed E-state index contributed by atoms with van der Waals surface area (Å²) >= 11 is 6.45. The SMILES string of the molecule is COCCN1CCC(c2cc(OC3CCC3)c(Nc3ncc(Cl)c(Nc4cn(C)nc4S(=O)(=O)C(C)C)n3)cc2C)CC1. The van der Waals surface area contributed by atoms with Gasteiger partial charge in [-0.1, -0.05) is 11.6 Å². The summed E-state index contributed by atoms with van der Waals surface area (Å²) in [5.74, 6) is 1.83. The number of ether oxygens (including phenoxy) is 2. The van der Waals surface area contributed by atoms with Crippen LogP contribution in [0.1, 0.15) is 63.0 Å². The Morgan fingerprint density at radius 2 is 1.86 bits per heavy atom. The number of piperidine rings is 1. The molecule has 2 aliphatic rings. The molecule has 3 aromatic rings. The van der Waals surface area contributed by atoms with Gasteiger partial charge < -0.3 is 25.0 Å². The second kappa shape index (κ2) is 13.4. The van der Waals surface area contributed by atoms with Gasteiger partial charge in [-0.25, -0.2) is 13.4 Å². The Kier molecular flexibility index (Phi) is 9.79. The first-order chi connectivity index (χ1) is 20.5. The van der Waals surface area contributed by atoms with Crippen molar-refractivity contribution < 1.29 is 17.9 Å². The summed E-state index contributed by atoms with van der Waals surface area (Å²) in [6.45, 7) is 9.21. The van der Waals surface area contributed by atoms with Crippen molar-refractivity contribution in [3.05, 3.63) is 40.7 Å². The number of benzene rings is 1. The fraction of sp³-hybridized carbons (Fsp3) is 0.567. The van der Waals surface area contributed by atoms with Crippen molar-refractivity contribution >= 4 is 44.6 Å². The number of rotatable bonds is 12. The van der Waals surface area contributed by atoms with Crippen molar-refractivity contribution in [2.45, 2.75) is 75.2 Å². The van der Waals surface area contributed by atoms with Crippen LogP contribution < -0.4 is 15.4 Å². The van der Waals surface area contributed by atoms with Gasteiger partial charge in [0.05, 0.1) is 35.5 Å². The summed E-state index contributed by atoms with van der Waals surface area (Å²) in [4.78, 5) is 11.5. The molecule has 0 spiro atoms. The lowest BCUT2D eigenvalue weighted by Crippen LogP contribution is -2.35. The predicted octanol–water partition coefficient (Wildman–Crippen LogP) is 5.60. The zero-order chi connectivity index (χ0) is 30.7. The average Bonchev–Trinajstić information content (AvgIpc) is 3.33. The first-order valence-corrected chi connectivity index (χ1v) is 16.8. The zero-order valence-electron chi connectivity index (χ0n) is 25.6. The third-order valence-corrected chi connectivity index (χ3v) is 10.6. The summed E-state index contributed by atoms with van der Waals surface area (Å²) in [5, 5.41) is 10.1. The van der Waals surface area contributed by atoms with Crippen molar-refractivity contribution in [3.63, 3.8) is 0 Å². The van der Waals surface area contributed by atoms with Crippen LogP contribution in [0.5, 0.6) is 5.75 Å². The van der Waals surface area contributed by atoms with E-state index in [1.807, 2.05) is 0 Å². The van der Waals surface area contributed by atoms with Crippen LogP contribution in [0.25, 0.3) is 0 Å². The second-order valence-corrected chi connectivity index (χ2v) is 14.6. The number of aromatic nitrogens is 4. The third-order valence-electron chi connectivity index (χ3n) is 8.28. The summed E-state index contributed by atoms with van der Waals surface area (Å²) in [5.41, 5.74) is 3.58. The molecule has 0 atom stereocenters. The van der Waals surface area contributed by atoms with Gasteiger partial charge in [-0.05, 0) is 95.1 Å². The molecule has 0 bridgehead atoms. The number of likely N-dealkylation sites (tertiary alicyclic amines) is 1. The molecule has 1 aromatic carbocycles. The number of hydrogen-bond acceptors (Lipinski definition) is 10. The van der Waals surface area contributed by atoms with Crippen LogP contribution >= 0.6 is 11.6 Å². The van der Waals surface area contributed by atoms with E-state index in [0.29, 0.717) is 17.6 Å². The molecule has 2 N–H and O–H groups in total. The topological polar surface area (TPSA) is 123 Å². The third kappa shape index (κ3) is 7.25. The minimum absolute atomic E-state index is 0.0545. The highest BCUT2D eigenvalue weighted by Gasteiger charge is 2.28. The van der Waals surface area contributed by atoms with Gasteiger partial charge in [-0.15, -0.1) is 0 Å². The smallest absolute Gasteiger partial charge is 0.229 e. The number of nitrogens with one attached hydrogen (secondary N) is 2. The first-order valence-electron chi connectivity index (χ1n) is 14.9. The minimum atomic E-state index is -3.64. The molecule has 1 saturated heterocycles. The standard InChI is InChI=1S/C30H42ClN7O4S/c1-19(2)43(39,40)29-26(18-37(4)36-29)33-28-24(31)17-32-30(35-28)34-25-15-20(3)23(16-27(25)42-22-7-6-8-22)21-9-11-38(12-10-21)13-14-41-5/h15-19,21-22H,6-14H2,1-5H3,(H2,32,33,34,35). The molecule has 11 nitrogen and oxygen atoms in total. The van der Waals surface area contributed by atoms with E-state index in [2.05, 4.69) is 49.7 Å². The highest BCUT2D eigenvalue weighted by atomic mass is 35.5. The molecule has 43 heavy (non-hydrogen) atoms. The average molecular weight is 632 g/mol. The molecule has 2 aromatic heterocycles. The van der Waals surface area contributed by atoms with Crippen molar-refractivity contribution in [2.75, 3.05) is 44.0 Å². The van der Waals surface area contributed by atoms with Crippen LogP contribution in [0.4, 0.5) is 23.1 Å². The van der Waals surface area contributed by atoms with Gasteiger partial charge in [-0.2, -0.15) is 10.1 Å². The molecule has 0 radical (unpaired) electrons. The molecule has 5 rings (SSSR count). The summed E-state index contributed by atoms with van der Waals surface area (Å²) in [6, 6.07) is 4.30. The maximum Gasteiger partial charge on any atom is 0.229 e. The summed E-state index contributed by atoms with van der Waals surface area (Å²) in [7, 11) is -0.225. The predicted molar refractivity (Wildman–Crippen MR) is 169 cm³/mol. The molecule has 1 saturated carbocycles. The van der Waals surface area contributed by atoms with Gasteiger partial charge in [0.15, 0.2) is 5.82 Å². The number of hydrogen-bond donors (Lipinski definition) is 2. The highest BCUT2D eigenvalue weighted by Crippen LogP contribution is 2.40. The van der Waals surface area contributed by atoms with E-state index < -0.39 is 15.1 Å². The van der Waals surface area contributed by atoms with E-state index in [9.17, 15) is 8.42 Å². The van der Waals surface area contributed by atoms with Crippen LogP contribution in [-0.2, 0) is 21.6 Å². The minimum Gasteiger partial charge on any atom is -0.488 e. The van der Waals surface area contributed by atoms with Crippen molar-refractivity contribution in [3.8, 4) is 5.75 Å². The van der Waals surface area contributed by atoms with E-state index >= 15 is 0 Å². The number of aryl methyl sites for hydroxylation is 2. The van der Waals surface area contributed by atoms with Gasteiger partial charge >= 0.3 is 0 Å². The van der Waals surface area contributed by atoms with E-state index in [4.69, 9.17) is 21.1 Å². The molecule has 234 valence electrons. The Labute approximate surface area is 259 Å². The molecular formula is C30H42ClN7O4S. The molecule has 0 unspecified atom stereocenters. The number of methoxy groups -OCH3 is 1. The Bertz CT molecular complexity index is 1530. The monoisotopic (exact) mass is 631 g/mol. The first kappa shape index (κ1) is 31.5. The number of sulfone groups is 1. The Hall–Kier alpha value is -2.93. The molecule has 13 heteroatoms. The van der Waals surface area contributed by atoms with E-state index in [1.54, 1.807) is 34.2 Å². The lowest BCUT2D eigenvalue weighted by Gasteiger charge is -2.33. The van der Waals surface area contributed by atoms with E-state index in [0.717, 1.165) is 63.4 Å². The maximum absolute atomic E-state index is 12.9. The Morgan fingerprint density at radius 1 is 1.12 bits per heavy atom. The molecule has 1 aliphatic heterocycles. The maximum atomic E-state index is 12.9. The van der Waals surface area contributed by atoms with Gasteiger partial charge in [0.2, 0.25) is 20.8 Å². The highest BCUT2D eigenvalue weighted by molar-refractivity contribution is 7.92. The van der Waals surface area contributed by atoms with Gasteiger partial charge in [0.25, 0.3) is 0 Å². The normalized spacial score (nSPS) is 16.8. The van der Waals surface area contributed by atoms with Crippen LogP contribution in [0.3, 0.4) is 0 Å². The summed E-state index contributed by atoms with van der Waals surface area (Å²) < 4.78 is 39.0. The Morgan fingerprint density at radius 3 is 2.51 bits per heavy atom.